The van der Waals surface area contributed by atoms with Crippen LogP contribution in [-0.4, -0.2) is 35.2 Å². The van der Waals surface area contributed by atoms with E-state index < -0.39 is 18.2 Å². The molecule has 108 valence electrons. The lowest BCUT2D eigenvalue weighted by molar-refractivity contribution is -0.152. The molecule has 4 atom stereocenters. The highest BCUT2D eigenvalue weighted by Gasteiger charge is 2.36. The van der Waals surface area contributed by atoms with Gasteiger partial charge >= 0.3 is 5.97 Å². The van der Waals surface area contributed by atoms with Crippen molar-refractivity contribution < 1.29 is 19.4 Å². The molecule has 2 fully saturated rings. The summed E-state index contributed by atoms with van der Waals surface area (Å²) < 4.78 is 5.28. The van der Waals surface area contributed by atoms with E-state index in [2.05, 4.69) is 12.2 Å². The molecule has 2 unspecified atom stereocenters. The molecule has 2 rings (SSSR count). The highest BCUT2D eigenvalue weighted by atomic mass is 16.5. The van der Waals surface area contributed by atoms with Crippen molar-refractivity contribution in [2.75, 3.05) is 0 Å². The normalized spacial score (nSPS) is 35.0. The summed E-state index contributed by atoms with van der Waals surface area (Å²) in [5, 5.41) is 11.9. The van der Waals surface area contributed by atoms with E-state index in [4.69, 9.17) is 9.84 Å². The molecule has 19 heavy (non-hydrogen) atoms. The molecule has 0 aromatic rings. The van der Waals surface area contributed by atoms with Crippen molar-refractivity contribution in [3.05, 3.63) is 0 Å². The minimum absolute atomic E-state index is 0.130. The Bertz CT molecular complexity index is 344. The quantitative estimate of drug-likeness (QED) is 0.814. The van der Waals surface area contributed by atoms with Crippen molar-refractivity contribution in [2.24, 2.45) is 5.92 Å². The number of carboxylic acid groups (broad SMARTS) is 1. The lowest BCUT2D eigenvalue weighted by atomic mass is 9.83. The summed E-state index contributed by atoms with van der Waals surface area (Å²) in [4.78, 5) is 22.9. The van der Waals surface area contributed by atoms with Crippen LogP contribution in [0.2, 0.25) is 0 Å². The van der Waals surface area contributed by atoms with Gasteiger partial charge in [0.2, 0.25) is 5.91 Å². The first kappa shape index (κ1) is 14.3. The van der Waals surface area contributed by atoms with Gasteiger partial charge in [0.05, 0.1) is 0 Å². The topological polar surface area (TPSA) is 75.6 Å². The molecular weight excluding hydrogens is 246 g/mol. The van der Waals surface area contributed by atoms with Gasteiger partial charge in [-0.3, -0.25) is 4.79 Å². The van der Waals surface area contributed by atoms with Crippen LogP contribution in [0.1, 0.15) is 51.9 Å². The van der Waals surface area contributed by atoms with Crippen molar-refractivity contribution >= 4 is 11.9 Å². The Labute approximate surface area is 113 Å². The summed E-state index contributed by atoms with van der Waals surface area (Å²) in [7, 11) is 0. The second kappa shape index (κ2) is 6.37. The van der Waals surface area contributed by atoms with Crippen LogP contribution in [0.15, 0.2) is 0 Å². The molecule has 5 heteroatoms. The molecule has 0 aromatic carbocycles. The van der Waals surface area contributed by atoms with Gasteiger partial charge in [0.15, 0.2) is 6.10 Å². The average molecular weight is 269 g/mol. The van der Waals surface area contributed by atoms with E-state index in [-0.39, 0.29) is 11.9 Å². The van der Waals surface area contributed by atoms with Gasteiger partial charge in [-0.25, -0.2) is 4.79 Å². The summed E-state index contributed by atoms with van der Waals surface area (Å²) in [5.41, 5.74) is 0. The third kappa shape index (κ3) is 3.47. The molecule has 1 heterocycles. The Morgan fingerprint density at radius 3 is 2.47 bits per heavy atom. The van der Waals surface area contributed by atoms with Gasteiger partial charge in [-0.2, -0.15) is 0 Å². The standard InChI is InChI=1S/C14H23NO4/c1-2-9-5-3-4-6-10(9)15-13(16)11-7-8-12(19-11)14(17)18/h9-12H,2-8H2,1H3,(H,15,16)(H,17,18)/t9?,10?,11-,12+/m0/s1. The molecule has 1 aliphatic carbocycles. The second-order valence-corrected chi connectivity index (χ2v) is 5.60. The van der Waals surface area contributed by atoms with Gasteiger partial charge in [-0.15, -0.1) is 0 Å². The SMILES string of the molecule is CCC1CCCCC1NC(=O)[C@@H]1CC[C@H](C(=O)O)O1. The zero-order valence-corrected chi connectivity index (χ0v) is 11.4. The van der Waals surface area contributed by atoms with Crippen molar-refractivity contribution in [2.45, 2.75) is 70.1 Å². The molecule has 5 nitrogen and oxygen atoms in total. The summed E-state index contributed by atoms with van der Waals surface area (Å²) >= 11 is 0. The number of nitrogens with one attached hydrogen (secondary N) is 1. The van der Waals surface area contributed by atoms with Crippen LogP contribution in [-0.2, 0) is 14.3 Å². The molecule has 0 spiro atoms. The van der Waals surface area contributed by atoms with E-state index in [1.54, 1.807) is 0 Å². The Morgan fingerprint density at radius 1 is 1.16 bits per heavy atom. The fourth-order valence-corrected chi connectivity index (χ4v) is 3.17. The molecule has 1 saturated heterocycles. The number of ether oxygens (including phenoxy) is 1. The third-order valence-corrected chi connectivity index (χ3v) is 4.35. The van der Waals surface area contributed by atoms with Crippen molar-refractivity contribution in [1.82, 2.24) is 5.32 Å². The lowest BCUT2D eigenvalue weighted by Gasteiger charge is -2.32. The van der Waals surface area contributed by atoms with Gasteiger partial charge < -0.3 is 15.2 Å². The van der Waals surface area contributed by atoms with E-state index in [9.17, 15) is 9.59 Å². The Balaban J connectivity index is 1.85. The summed E-state index contributed by atoms with van der Waals surface area (Å²) in [5.74, 6) is -0.553. The summed E-state index contributed by atoms with van der Waals surface area (Å²) in [6, 6.07) is 0.235. The highest BCUT2D eigenvalue weighted by Crippen LogP contribution is 2.27. The van der Waals surface area contributed by atoms with Crippen LogP contribution in [0.25, 0.3) is 0 Å². The monoisotopic (exact) mass is 269 g/mol. The number of aliphatic carboxylic acids is 1. The van der Waals surface area contributed by atoms with Crippen LogP contribution >= 0.6 is 0 Å². The van der Waals surface area contributed by atoms with Crippen LogP contribution in [0, 0.1) is 5.92 Å². The second-order valence-electron chi connectivity index (χ2n) is 5.60. The minimum Gasteiger partial charge on any atom is -0.479 e. The number of carboxylic acids is 1. The Hall–Kier alpha value is -1.10. The first-order valence-electron chi connectivity index (χ1n) is 7.30. The van der Waals surface area contributed by atoms with Crippen LogP contribution in [0.3, 0.4) is 0 Å². The molecule has 0 radical (unpaired) electrons. The first-order chi connectivity index (χ1) is 9.11. The molecule has 2 N–H and O–H groups in total. The fraction of sp³-hybridized carbons (Fsp3) is 0.857. The molecule has 1 saturated carbocycles. The van der Waals surface area contributed by atoms with Crippen LogP contribution < -0.4 is 5.32 Å². The maximum Gasteiger partial charge on any atom is 0.332 e. The number of carbonyl (C=O) groups is 2. The Morgan fingerprint density at radius 2 is 1.84 bits per heavy atom. The minimum atomic E-state index is -0.973. The van der Waals surface area contributed by atoms with E-state index in [0.29, 0.717) is 18.8 Å². The number of amides is 1. The molecule has 1 aliphatic heterocycles. The van der Waals surface area contributed by atoms with E-state index in [1.165, 1.54) is 12.8 Å². The number of hydrogen-bond acceptors (Lipinski definition) is 3. The van der Waals surface area contributed by atoms with E-state index in [0.717, 1.165) is 19.3 Å². The maximum atomic E-state index is 12.1. The van der Waals surface area contributed by atoms with E-state index in [1.807, 2.05) is 0 Å². The van der Waals surface area contributed by atoms with Gasteiger partial charge in [-0.05, 0) is 31.6 Å². The number of carbonyl (C=O) groups excluding carboxylic acids is 1. The maximum absolute atomic E-state index is 12.1. The first-order valence-corrected chi connectivity index (χ1v) is 7.30. The lowest BCUT2D eigenvalue weighted by Crippen LogP contribution is -2.46. The van der Waals surface area contributed by atoms with Gasteiger partial charge in [0.25, 0.3) is 0 Å². The highest BCUT2D eigenvalue weighted by molar-refractivity contribution is 5.82. The van der Waals surface area contributed by atoms with Crippen LogP contribution in [0.5, 0.6) is 0 Å². The molecule has 2 aliphatic rings. The summed E-state index contributed by atoms with van der Waals surface area (Å²) in [6.07, 6.45) is 5.21. The molecule has 1 amide bonds. The molecule has 0 aromatic heterocycles. The van der Waals surface area contributed by atoms with Crippen LogP contribution in [0.4, 0.5) is 0 Å². The molecule has 0 bridgehead atoms. The molecular formula is C14H23NO4. The van der Waals surface area contributed by atoms with E-state index >= 15 is 0 Å². The number of hydrogen-bond donors (Lipinski definition) is 2. The van der Waals surface area contributed by atoms with Crippen molar-refractivity contribution in [3.8, 4) is 0 Å². The largest absolute Gasteiger partial charge is 0.479 e. The smallest absolute Gasteiger partial charge is 0.332 e. The predicted molar refractivity (Wildman–Crippen MR) is 69.7 cm³/mol. The van der Waals surface area contributed by atoms with Gasteiger partial charge in [0.1, 0.15) is 6.10 Å². The average Bonchev–Trinajstić information content (AvgIpc) is 2.89. The zero-order valence-electron chi connectivity index (χ0n) is 11.4. The third-order valence-electron chi connectivity index (χ3n) is 4.35. The zero-order chi connectivity index (χ0) is 13.8. The van der Waals surface area contributed by atoms with Crippen molar-refractivity contribution in [3.63, 3.8) is 0 Å². The summed E-state index contributed by atoms with van der Waals surface area (Å²) in [6.45, 7) is 2.15. The van der Waals surface area contributed by atoms with Crippen molar-refractivity contribution in [1.29, 1.82) is 0 Å². The van der Waals surface area contributed by atoms with Gasteiger partial charge in [-0.1, -0.05) is 26.2 Å². The number of rotatable bonds is 4. The fourth-order valence-electron chi connectivity index (χ4n) is 3.17. The van der Waals surface area contributed by atoms with Gasteiger partial charge in [0, 0.05) is 6.04 Å². The predicted octanol–water partition coefficient (Wildman–Crippen LogP) is 1.70. The Kier molecular flexibility index (Phi) is 4.80.